The Hall–Kier alpha value is -2.14. The molecule has 1 aliphatic rings. The summed E-state index contributed by atoms with van der Waals surface area (Å²) in [7, 11) is 2.15. The molecule has 1 atom stereocenters. The average Bonchev–Trinajstić information content (AvgIpc) is 3.10. The summed E-state index contributed by atoms with van der Waals surface area (Å²) in [6, 6.07) is 12.0. The summed E-state index contributed by atoms with van der Waals surface area (Å²) in [4.78, 5) is 15.0. The summed E-state index contributed by atoms with van der Waals surface area (Å²) in [6.07, 6.45) is 2.89. The van der Waals surface area contributed by atoms with Crippen LogP contribution in [0.1, 0.15) is 47.6 Å². The maximum absolute atomic E-state index is 12.6. The zero-order valence-electron chi connectivity index (χ0n) is 14.4. The molecule has 0 saturated carbocycles. The molecular weight excluding hydrogens is 302 g/mol. The molecule has 1 aromatic carbocycles. The number of aryl methyl sites for hydroxylation is 1. The van der Waals surface area contributed by atoms with Gasteiger partial charge in [-0.25, -0.2) is 0 Å². The number of nitrogens with zero attached hydrogens (tertiary/aromatic N) is 2. The molecule has 1 amide bonds. The fraction of sp³-hybridized carbons (Fsp3) is 0.474. The Morgan fingerprint density at radius 3 is 2.67 bits per heavy atom. The van der Waals surface area contributed by atoms with E-state index in [1.807, 2.05) is 25.1 Å². The molecule has 1 fully saturated rings. The van der Waals surface area contributed by atoms with Gasteiger partial charge in [0.25, 0.3) is 5.91 Å². The van der Waals surface area contributed by atoms with Gasteiger partial charge in [0.1, 0.15) is 5.76 Å². The van der Waals surface area contributed by atoms with E-state index in [1.165, 1.54) is 0 Å². The minimum absolute atomic E-state index is 0.00850. The monoisotopic (exact) mass is 327 g/mol. The van der Waals surface area contributed by atoms with E-state index in [4.69, 9.17) is 4.52 Å². The highest BCUT2D eigenvalue weighted by molar-refractivity contribution is 5.92. The third kappa shape index (κ3) is 3.85. The first kappa shape index (κ1) is 16.7. The van der Waals surface area contributed by atoms with E-state index in [0.29, 0.717) is 11.6 Å². The second-order valence-electron chi connectivity index (χ2n) is 6.53. The van der Waals surface area contributed by atoms with Crippen molar-refractivity contribution in [2.45, 2.75) is 32.2 Å². The standard InChI is InChI=1S/C19H25N3O2/c1-3-16-13-17(21-24-16)19(23)20-18(14-7-5-4-6-8-14)15-9-11-22(2)12-10-15/h4-8,13,15,18H,3,9-12H2,1-2H3,(H,20,23). The first-order chi connectivity index (χ1) is 11.7. The van der Waals surface area contributed by atoms with Gasteiger partial charge in [-0.3, -0.25) is 4.79 Å². The molecule has 2 aromatic rings. The summed E-state index contributed by atoms with van der Waals surface area (Å²) in [5.41, 5.74) is 1.51. The van der Waals surface area contributed by atoms with Crippen LogP contribution in [0.3, 0.4) is 0 Å². The smallest absolute Gasteiger partial charge is 0.273 e. The number of nitrogens with one attached hydrogen (secondary N) is 1. The van der Waals surface area contributed by atoms with Crippen LogP contribution >= 0.6 is 0 Å². The largest absolute Gasteiger partial charge is 0.361 e. The molecule has 5 heteroatoms. The van der Waals surface area contributed by atoms with Gasteiger partial charge < -0.3 is 14.7 Å². The Bertz CT molecular complexity index is 660. The van der Waals surface area contributed by atoms with Crippen molar-refractivity contribution in [2.75, 3.05) is 20.1 Å². The Kier molecular flexibility index (Phi) is 5.30. The fourth-order valence-electron chi connectivity index (χ4n) is 3.30. The number of rotatable bonds is 5. The highest BCUT2D eigenvalue weighted by Gasteiger charge is 2.28. The Labute approximate surface area is 143 Å². The second-order valence-corrected chi connectivity index (χ2v) is 6.53. The lowest BCUT2D eigenvalue weighted by Crippen LogP contribution is -2.39. The van der Waals surface area contributed by atoms with Crippen molar-refractivity contribution in [1.29, 1.82) is 0 Å². The molecule has 2 heterocycles. The zero-order valence-corrected chi connectivity index (χ0v) is 14.4. The molecule has 0 spiro atoms. The van der Waals surface area contributed by atoms with Crippen molar-refractivity contribution in [3.63, 3.8) is 0 Å². The topological polar surface area (TPSA) is 58.4 Å². The van der Waals surface area contributed by atoms with Gasteiger partial charge in [-0.05, 0) is 44.5 Å². The minimum atomic E-state index is -0.161. The van der Waals surface area contributed by atoms with E-state index in [-0.39, 0.29) is 11.9 Å². The lowest BCUT2D eigenvalue weighted by atomic mass is 9.85. The number of amides is 1. The van der Waals surface area contributed by atoms with E-state index in [0.717, 1.165) is 43.7 Å². The van der Waals surface area contributed by atoms with Crippen molar-refractivity contribution in [3.8, 4) is 0 Å². The number of piperidine rings is 1. The molecular formula is C19H25N3O2. The summed E-state index contributed by atoms with van der Waals surface area (Å²) in [5.74, 6) is 1.01. The Balaban J connectivity index is 1.78. The van der Waals surface area contributed by atoms with Crippen LogP contribution in [0.25, 0.3) is 0 Å². The highest BCUT2D eigenvalue weighted by Crippen LogP contribution is 2.30. The van der Waals surface area contributed by atoms with Gasteiger partial charge in [-0.1, -0.05) is 42.4 Å². The Morgan fingerprint density at radius 1 is 1.33 bits per heavy atom. The minimum Gasteiger partial charge on any atom is -0.361 e. The van der Waals surface area contributed by atoms with Crippen LogP contribution in [0.2, 0.25) is 0 Å². The van der Waals surface area contributed by atoms with Gasteiger partial charge in [-0.2, -0.15) is 0 Å². The molecule has 3 rings (SSSR count). The highest BCUT2D eigenvalue weighted by atomic mass is 16.5. The first-order valence-corrected chi connectivity index (χ1v) is 8.67. The summed E-state index contributed by atoms with van der Waals surface area (Å²) >= 11 is 0. The van der Waals surface area contributed by atoms with Gasteiger partial charge in [0.05, 0.1) is 6.04 Å². The van der Waals surface area contributed by atoms with Crippen LogP contribution in [0.15, 0.2) is 40.9 Å². The molecule has 1 N–H and O–H groups in total. The first-order valence-electron chi connectivity index (χ1n) is 8.67. The lowest BCUT2D eigenvalue weighted by Gasteiger charge is -2.34. The van der Waals surface area contributed by atoms with Gasteiger partial charge in [0, 0.05) is 12.5 Å². The van der Waals surface area contributed by atoms with Gasteiger partial charge in [-0.15, -0.1) is 0 Å². The third-order valence-electron chi connectivity index (χ3n) is 4.82. The molecule has 1 aromatic heterocycles. The van der Waals surface area contributed by atoms with Crippen molar-refractivity contribution >= 4 is 5.91 Å². The molecule has 128 valence electrons. The van der Waals surface area contributed by atoms with E-state index in [1.54, 1.807) is 6.07 Å². The van der Waals surface area contributed by atoms with Crippen molar-refractivity contribution in [3.05, 3.63) is 53.4 Å². The average molecular weight is 327 g/mol. The zero-order chi connectivity index (χ0) is 16.9. The number of hydrogen-bond acceptors (Lipinski definition) is 4. The second kappa shape index (κ2) is 7.62. The SMILES string of the molecule is CCc1cc(C(=O)NC(c2ccccc2)C2CCN(C)CC2)no1. The summed E-state index contributed by atoms with van der Waals surface area (Å²) in [5, 5.41) is 7.09. The molecule has 1 saturated heterocycles. The van der Waals surface area contributed by atoms with Crippen LogP contribution in [0.5, 0.6) is 0 Å². The molecule has 24 heavy (non-hydrogen) atoms. The third-order valence-corrected chi connectivity index (χ3v) is 4.82. The van der Waals surface area contributed by atoms with Crippen molar-refractivity contribution in [2.24, 2.45) is 5.92 Å². The molecule has 5 nitrogen and oxygen atoms in total. The van der Waals surface area contributed by atoms with Crippen LogP contribution in [-0.2, 0) is 6.42 Å². The number of benzene rings is 1. The summed E-state index contributed by atoms with van der Waals surface area (Å²) < 4.78 is 5.16. The maximum Gasteiger partial charge on any atom is 0.273 e. The van der Waals surface area contributed by atoms with E-state index < -0.39 is 0 Å². The van der Waals surface area contributed by atoms with Crippen LogP contribution in [0.4, 0.5) is 0 Å². The van der Waals surface area contributed by atoms with E-state index in [2.05, 4.69) is 34.6 Å². The predicted molar refractivity (Wildman–Crippen MR) is 92.8 cm³/mol. The number of likely N-dealkylation sites (tertiary alicyclic amines) is 1. The van der Waals surface area contributed by atoms with Gasteiger partial charge in [0.2, 0.25) is 0 Å². The fourth-order valence-corrected chi connectivity index (χ4v) is 3.30. The molecule has 1 aliphatic heterocycles. The van der Waals surface area contributed by atoms with Crippen molar-refractivity contribution in [1.82, 2.24) is 15.4 Å². The van der Waals surface area contributed by atoms with Gasteiger partial charge >= 0.3 is 0 Å². The maximum atomic E-state index is 12.6. The van der Waals surface area contributed by atoms with Crippen LogP contribution in [0, 0.1) is 5.92 Å². The summed E-state index contributed by atoms with van der Waals surface area (Å²) in [6.45, 7) is 4.11. The van der Waals surface area contributed by atoms with E-state index >= 15 is 0 Å². The Morgan fingerprint density at radius 2 is 2.04 bits per heavy atom. The van der Waals surface area contributed by atoms with Crippen molar-refractivity contribution < 1.29 is 9.32 Å². The number of aromatic nitrogens is 1. The number of carbonyl (C=O) groups is 1. The molecule has 0 bridgehead atoms. The number of hydrogen-bond donors (Lipinski definition) is 1. The number of carbonyl (C=O) groups excluding carboxylic acids is 1. The molecule has 0 aliphatic carbocycles. The quantitative estimate of drug-likeness (QED) is 0.917. The predicted octanol–water partition coefficient (Wildman–Crippen LogP) is 3.05. The molecule has 1 unspecified atom stereocenters. The van der Waals surface area contributed by atoms with Crippen LogP contribution < -0.4 is 5.32 Å². The normalized spacial score (nSPS) is 17.6. The van der Waals surface area contributed by atoms with Gasteiger partial charge in [0.15, 0.2) is 5.69 Å². The molecule has 0 radical (unpaired) electrons. The van der Waals surface area contributed by atoms with Crippen LogP contribution in [-0.4, -0.2) is 36.1 Å². The lowest BCUT2D eigenvalue weighted by molar-refractivity contribution is 0.0891. The van der Waals surface area contributed by atoms with E-state index in [9.17, 15) is 4.79 Å².